The van der Waals surface area contributed by atoms with Crippen LogP contribution in [0.4, 0.5) is 4.39 Å². The number of carboxylic acid groups (broad SMARTS) is 1. The molecule has 1 aliphatic rings. The molecular formula is C16H16FNO2. The van der Waals surface area contributed by atoms with Crippen molar-refractivity contribution in [3.63, 3.8) is 0 Å². The van der Waals surface area contributed by atoms with Gasteiger partial charge in [0.05, 0.1) is 11.3 Å². The van der Waals surface area contributed by atoms with Crippen LogP contribution in [-0.2, 0) is 11.8 Å². The molecule has 0 saturated carbocycles. The van der Waals surface area contributed by atoms with Crippen LogP contribution in [0.15, 0.2) is 18.2 Å². The van der Waals surface area contributed by atoms with E-state index in [1.165, 1.54) is 12.1 Å². The van der Waals surface area contributed by atoms with Crippen LogP contribution in [0.25, 0.3) is 10.9 Å². The van der Waals surface area contributed by atoms with Crippen molar-refractivity contribution in [2.45, 2.75) is 38.5 Å². The minimum atomic E-state index is -1.00. The summed E-state index contributed by atoms with van der Waals surface area (Å²) in [6.45, 7) is 4.08. The van der Waals surface area contributed by atoms with Crippen LogP contribution in [0.3, 0.4) is 0 Å². The number of carboxylic acids is 1. The molecule has 0 fully saturated rings. The van der Waals surface area contributed by atoms with E-state index in [0.717, 1.165) is 24.1 Å². The zero-order chi connectivity index (χ0) is 14.5. The molecule has 0 bridgehead atoms. The van der Waals surface area contributed by atoms with E-state index in [2.05, 4.69) is 4.98 Å². The molecule has 0 unspecified atom stereocenters. The third kappa shape index (κ3) is 1.79. The molecule has 1 aromatic heterocycles. The Morgan fingerprint density at radius 3 is 2.85 bits per heavy atom. The first kappa shape index (κ1) is 13.0. The molecule has 0 amide bonds. The Morgan fingerprint density at radius 1 is 1.40 bits per heavy atom. The number of pyridine rings is 1. The second-order valence-corrected chi connectivity index (χ2v) is 5.99. The molecule has 0 atom stereocenters. The lowest BCUT2D eigenvalue weighted by Crippen LogP contribution is -2.27. The van der Waals surface area contributed by atoms with Crippen molar-refractivity contribution in [3.05, 3.63) is 40.8 Å². The van der Waals surface area contributed by atoms with Crippen LogP contribution in [0.5, 0.6) is 0 Å². The molecule has 4 heteroatoms. The summed E-state index contributed by atoms with van der Waals surface area (Å²) >= 11 is 0. The largest absolute Gasteiger partial charge is 0.478 e. The first-order valence-corrected chi connectivity index (χ1v) is 6.77. The minimum absolute atomic E-state index is 0.165. The molecule has 1 N–H and O–H groups in total. The number of aromatic carboxylic acids is 1. The number of hydrogen-bond donors (Lipinski definition) is 1. The van der Waals surface area contributed by atoms with Gasteiger partial charge < -0.3 is 5.11 Å². The maximum absolute atomic E-state index is 14.0. The number of benzene rings is 1. The fourth-order valence-corrected chi connectivity index (χ4v) is 3.16. The Hall–Kier alpha value is -1.97. The molecule has 0 aliphatic heterocycles. The summed E-state index contributed by atoms with van der Waals surface area (Å²) in [7, 11) is 0. The fraction of sp³-hybridized carbons (Fsp3) is 0.375. The van der Waals surface area contributed by atoms with Gasteiger partial charge in [-0.3, -0.25) is 0 Å². The number of para-hydroxylation sites is 1. The summed E-state index contributed by atoms with van der Waals surface area (Å²) in [5.41, 5.74) is 1.68. The molecule has 2 aromatic rings. The summed E-state index contributed by atoms with van der Waals surface area (Å²) in [5, 5.41) is 9.95. The van der Waals surface area contributed by atoms with Crippen molar-refractivity contribution >= 4 is 16.9 Å². The van der Waals surface area contributed by atoms with Gasteiger partial charge in [-0.25, -0.2) is 14.2 Å². The highest BCUT2D eigenvalue weighted by molar-refractivity contribution is 6.04. The average Bonchev–Trinajstić information content (AvgIpc) is 2.36. The molecule has 20 heavy (non-hydrogen) atoms. The topological polar surface area (TPSA) is 50.2 Å². The third-order valence-electron chi connectivity index (χ3n) is 4.15. The van der Waals surface area contributed by atoms with Gasteiger partial charge in [0.15, 0.2) is 0 Å². The van der Waals surface area contributed by atoms with E-state index in [0.29, 0.717) is 11.8 Å². The van der Waals surface area contributed by atoms with E-state index in [-0.39, 0.29) is 16.5 Å². The van der Waals surface area contributed by atoms with Gasteiger partial charge in [-0.2, -0.15) is 0 Å². The van der Waals surface area contributed by atoms with Crippen molar-refractivity contribution in [3.8, 4) is 0 Å². The van der Waals surface area contributed by atoms with Crippen molar-refractivity contribution in [2.75, 3.05) is 0 Å². The van der Waals surface area contributed by atoms with E-state index in [1.807, 2.05) is 13.8 Å². The van der Waals surface area contributed by atoms with Gasteiger partial charge >= 0.3 is 5.97 Å². The predicted octanol–water partition coefficient (Wildman–Crippen LogP) is 3.69. The van der Waals surface area contributed by atoms with Gasteiger partial charge in [0, 0.05) is 10.8 Å². The number of hydrogen-bond acceptors (Lipinski definition) is 2. The Balaban J connectivity index is 2.48. The van der Waals surface area contributed by atoms with Gasteiger partial charge in [0.25, 0.3) is 0 Å². The monoisotopic (exact) mass is 273 g/mol. The number of rotatable bonds is 1. The number of nitrogens with zero attached hydrogens (tertiary/aromatic N) is 1. The second kappa shape index (κ2) is 4.27. The molecule has 1 aromatic carbocycles. The smallest absolute Gasteiger partial charge is 0.336 e. The summed E-state index contributed by atoms with van der Waals surface area (Å²) in [4.78, 5) is 16.1. The number of halogens is 1. The van der Waals surface area contributed by atoms with Crippen LogP contribution in [-0.4, -0.2) is 16.1 Å². The SMILES string of the molecule is CC1(C)CCCc2c1nc1c(F)cccc1c2C(=O)O. The van der Waals surface area contributed by atoms with Gasteiger partial charge in [-0.1, -0.05) is 26.0 Å². The van der Waals surface area contributed by atoms with Gasteiger partial charge in [0.1, 0.15) is 11.3 Å². The quantitative estimate of drug-likeness (QED) is 0.862. The van der Waals surface area contributed by atoms with Gasteiger partial charge in [-0.15, -0.1) is 0 Å². The maximum atomic E-state index is 14.0. The predicted molar refractivity (Wildman–Crippen MR) is 74.6 cm³/mol. The highest BCUT2D eigenvalue weighted by atomic mass is 19.1. The highest BCUT2D eigenvalue weighted by Crippen LogP contribution is 2.39. The van der Waals surface area contributed by atoms with E-state index in [4.69, 9.17) is 0 Å². The normalized spacial score (nSPS) is 16.9. The molecular weight excluding hydrogens is 257 g/mol. The lowest BCUT2D eigenvalue weighted by Gasteiger charge is -2.32. The first-order valence-electron chi connectivity index (χ1n) is 6.77. The fourth-order valence-electron chi connectivity index (χ4n) is 3.16. The van der Waals surface area contributed by atoms with Crippen molar-refractivity contribution < 1.29 is 14.3 Å². The minimum Gasteiger partial charge on any atom is -0.478 e. The van der Waals surface area contributed by atoms with Crippen LogP contribution >= 0.6 is 0 Å². The molecule has 0 saturated heterocycles. The van der Waals surface area contributed by atoms with E-state index < -0.39 is 11.8 Å². The lowest BCUT2D eigenvalue weighted by atomic mass is 9.74. The van der Waals surface area contributed by atoms with Gasteiger partial charge in [0.2, 0.25) is 0 Å². The molecule has 104 valence electrons. The standard InChI is InChI=1S/C16H16FNO2/c1-16(2)8-4-6-10-12(15(19)20)9-5-3-7-11(17)13(9)18-14(10)16/h3,5,7H,4,6,8H2,1-2H3,(H,19,20). The molecule has 0 spiro atoms. The third-order valence-corrected chi connectivity index (χ3v) is 4.15. The van der Waals surface area contributed by atoms with E-state index >= 15 is 0 Å². The molecule has 3 nitrogen and oxygen atoms in total. The zero-order valence-electron chi connectivity index (χ0n) is 11.5. The average molecular weight is 273 g/mol. The number of fused-ring (bicyclic) bond motifs is 2. The van der Waals surface area contributed by atoms with E-state index in [9.17, 15) is 14.3 Å². The van der Waals surface area contributed by atoms with Crippen LogP contribution in [0.1, 0.15) is 48.3 Å². The lowest BCUT2D eigenvalue weighted by molar-refractivity contribution is 0.0697. The summed E-state index contributed by atoms with van der Waals surface area (Å²) < 4.78 is 14.0. The molecule has 1 heterocycles. The highest BCUT2D eigenvalue weighted by Gasteiger charge is 2.33. The van der Waals surface area contributed by atoms with Crippen LogP contribution in [0.2, 0.25) is 0 Å². The molecule has 3 rings (SSSR count). The Morgan fingerprint density at radius 2 is 2.15 bits per heavy atom. The van der Waals surface area contributed by atoms with Crippen LogP contribution in [0, 0.1) is 5.82 Å². The molecule has 0 radical (unpaired) electrons. The van der Waals surface area contributed by atoms with Crippen molar-refractivity contribution in [1.82, 2.24) is 4.98 Å². The number of aromatic nitrogens is 1. The summed E-state index contributed by atoms with van der Waals surface area (Å²) in [6.07, 6.45) is 2.56. The maximum Gasteiger partial charge on any atom is 0.336 e. The van der Waals surface area contributed by atoms with Crippen LogP contribution < -0.4 is 0 Å². The number of carbonyl (C=O) groups is 1. The Kier molecular flexibility index (Phi) is 2.78. The second-order valence-electron chi connectivity index (χ2n) is 5.99. The molecule has 1 aliphatic carbocycles. The summed E-state index contributed by atoms with van der Waals surface area (Å²) in [6, 6.07) is 4.49. The zero-order valence-corrected chi connectivity index (χ0v) is 11.5. The van der Waals surface area contributed by atoms with Gasteiger partial charge in [-0.05, 0) is 30.9 Å². The Bertz CT molecular complexity index is 722. The Labute approximate surface area is 116 Å². The van der Waals surface area contributed by atoms with Crippen molar-refractivity contribution in [1.29, 1.82) is 0 Å². The summed E-state index contributed by atoms with van der Waals surface area (Å²) in [5.74, 6) is -1.47. The first-order chi connectivity index (χ1) is 9.42. The van der Waals surface area contributed by atoms with Crippen molar-refractivity contribution in [2.24, 2.45) is 0 Å². The van der Waals surface area contributed by atoms with E-state index in [1.54, 1.807) is 6.07 Å².